The minimum Gasteiger partial charge on any atom is -0.383 e. The van der Waals surface area contributed by atoms with E-state index in [-0.39, 0.29) is 6.04 Å². The van der Waals surface area contributed by atoms with E-state index in [0.29, 0.717) is 23.6 Å². The van der Waals surface area contributed by atoms with Crippen molar-refractivity contribution in [1.82, 2.24) is 15.0 Å². The zero-order chi connectivity index (χ0) is 18.8. The van der Waals surface area contributed by atoms with Crippen molar-refractivity contribution in [2.24, 2.45) is 4.99 Å². The number of thioether (sulfide) groups is 1. The van der Waals surface area contributed by atoms with E-state index in [4.69, 9.17) is 17.1 Å². The molecule has 1 aliphatic rings. The molecule has 0 fully saturated rings. The van der Waals surface area contributed by atoms with Crippen LogP contribution in [0.4, 0.5) is 5.82 Å². The fourth-order valence-corrected chi connectivity index (χ4v) is 4.04. The van der Waals surface area contributed by atoms with E-state index in [1.54, 1.807) is 24.2 Å². The predicted molar refractivity (Wildman–Crippen MR) is 109 cm³/mol. The van der Waals surface area contributed by atoms with Crippen molar-refractivity contribution in [2.75, 3.05) is 11.5 Å². The van der Waals surface area contributed by atoms with Gasteiger partial charge in [-0.1, -0.05) is 24.1 Å². The molecule has 7 heteroatoms. The maximum atomic E-state index is 9.62. The highest BCUT2D eigenvalue weighted by Gasteiger charge is 2.22. The second-order valence-electron chi connectivity index (χ2n) is 6.19. The number of aliphatic hydroxyl groups excluding tert-OH is 1. The van der Waals surface area contributed by atoms with Crippen molar-refractivity contribution < 1.29 is 5.11 Å². The van der Waals surface area contributed by atoms with Gasteiger partial charge in [-0.15, -0.1) is 18.2 Å². The lowest BCUT2D eigenvalue weighted by Gasteiger charge is -2.09. The molecular weight excluding hydrogens is 358 g/mol. The van der Waals surface area contributed by atoms with E-state index in [9.17, 15) is 5.11 Å². The van der Waals surface area contributed by atoms with Crippen molar-refractivity contribution in [3.05, 3.63) is 48.3 Å². The monoisotopic (exact) mass is 375 g/mol. The maximum Gasteiger partial charge on any atom is 0.162 e. The van der Waals surface area contributed by atoms with Gasteiger partial charge in [-0.05, 0) is 17.7 Å². The second kappa shape index (κ2) is 7.35. The molecule has 0 unspecified atom stereocenters. The summed E-state index contributed by atoms with van der Waals surface area (Å²) in [7, 11) is 0. The highest BCUT2D eigenvalue weighted by atomic mass is 32.2. The number of hydrogen-bond acceptors (Lipinski definition) is 7. The number of benzene rings is 1. The molecule has 2 aromatic heterocycles. The average molecular weight is 375 g/mol. The summed E-state index contributed by atoms with van der Waals surface area (Å²) in [6, 6.07) is 9.81. The Morgan fingerprint density at radius 2 is 2.22 bits per heavy atom. The van der Waals surface area contributed by atoms with E-state index < -0.39 is 6.10 Å². The minimum atomic E-state index is -0.788. The zero-order valence-electron chi connectivity index (χ0n) is 14.4. The fourth-order valence-electron chi connectivity index (χ4n) is 2.95. The summed E-state index contributed by atoms with van der Waals surface area (Å²) >= 11 is 1.63. The Morgan fingerprint density at radius 1 is 1.33 bits per heavy atom. The van der Waals surface area contributed by atoms with Crippen LogP contribution in [0.3, 0.4) is 0 Å². The number of nitrogen functional groups attached to an aromatic ring is 1. The summed E-state index contributed by atoms with van der Waals surface area (Å²) in [4.78, 5) is 17.8. The number of aliphatic hydroxyl groups is 1. The van der Waals surface area contributed by atoms with Gasteiger partial charge in [0.25, 0.3) is 0 Å². The summed E-state index contributed by atoms with van der Waals surface area (Å²) in [5.41, 5.74) is 8.75. The number of aliphatic imine (C=N–C) groups is 1. The molecule has 2 atom stereocenters. The van der Waals surface area contributed by atoms with Crippen molar-refractivity contribution in [2.45, 2.75) is 18.6 Å². The number of nitrogens with two attached hydrogens (primary N) is 1. The summed E-state index contributed by atoms with van der Waals surface area (Å²) in [6.45, 7) is 0. The van der Waals surface area contributed by atoms with Crippen LogP contribution in [-0.2, 0) is 0 Å². The number of rotatable bonds is 4. The minimum absolute atomic E-state index is 0.0226. The number of pyridine rings is 1. The molecule has 3 N–H and O–H groups in total. The zero-order valence-corrected chi connectivity index (χ0v) is 15.2. The summed E-state index contributed by atoms with van der Waals surface area (Å²) < 4.78 is 0. The number of nitrogens with zero attached hydrogens (tertiary/aromatic N) is 4. The molecule has 3 heterocycles. The van der Waals surface area contributed by atoms with Gasteiger partial charge < -0.3 is 10.8 Å². The molecule has 6 nitrogen and oxygen atoms in total. The molecule has 0 saturated carbocycles. The lowest BCUT2D eigenvalue weighted by molar-refractivity contribution is 0.242. The Kier molecular flexibility index (Phi) is 4.75. The van der Waals surface area contributed by atoms with Crippen LogP contribution < -0.4 is 5.73 Å². The molecule has 3 aromatic rings. The summed E-state index contributed by atoms with van der Waals surface area (Å²) in [5.74, 6) is 4.14. The van der Waals surface area contributed by atoms with Gasteiger partial charge in [-0.2, -0.15) is 0 Å². The lowest BCUT2D eigenvalue weighted by Crippen LogP contribution is -2.06. The van der Waals surface area contributed by atoms with Crippen molar-refractivity contribution >= 4 is 33.5 Å². The van der Waals surface area contributed by atoms with Crippen molar-refractivity contribution in [1.29, 1.82) is 0 Å². The first kappa shape index (κ1) is 17.5. The molecule has 0 spiro atoms. The Morgan fingerprint density at radius 3 is 3.07 bits per heavy atom. The van der Waals surface area contributed by atoms with Crippen LogP contribution in [0.15, 0.2) is 47.7 Å². The Balaban J connectivity index is 1.65. The molecular formula is C20H17N5OS. The van der Waals surface area contributed by atoms with E-state index in [1.807, 2.05) is 30.3 Å². The smallest absolute Gasteiger partial charge is 0.162 e. The molecule has 0 aliphatic carbocycles. The normalized spacial score (nSPS) is 17.5. The van der Waals surface area contributed by atoms with Gasteiger partial charge in [0.1, 0.15) is 11.9 Å². The molecule has 0 bridgehead atoms. The second-order valence-corrected chi connectivity index (χ2v) is 7.28. The highest BCUT2D eigenvalue weighted by molar-refractivity contribution is 8.14. The number of fused-ring (bicyclic) bond motifs is 1. The number of aromatic nitrogens is 3. The van der Waals surface area contributed by atoms with Gasteiger partial charge in [0.15, 0.2) is 5.82 Å². The molecule has 0 saturated heterocycles. The van der Waals surface area contributed by atoms with Crippen molar-refractivity contribution in [3.8, 4) is 23.7 Å². The number of anilines is 1. The highest BCUT2D eigenvalue weighted by Crippen LogP contribution is 2.33. The molecule has 1 aromatic carbocycles. The molecule has 0 amide bonds. The third-order valence-electron chi connectivity index (χ3n) is 4.33. The van der Waals surface area contributed by atoms with Gasteiger partial charge in [0, 0.05) is 29.3 Å². The van der Waals surface area contributed by atoms with Gasteiger partial charge in [-0.25, -0.2) is 9.97 Å². The van der Waals surface area contributed by atoms with Gasteiger partial charge in [0.2, 0.25) is 0 Å². The van der Waals surface area contributed by atoms with Gasteiger partial charge in [0.05, 0.1) is 22.8 Å². The van der Waals surface area contributed by atoms with E-state index >= 15 is 0 Å². The van der Waals surface area contributed by atoms with Crippen LogP contribution in [0.5, 0.6) is 0 Å². The van der Waals surface area contributed by atoms with Gasteiger partial charge in [-0.3, -0.25) is 9.98 Å². The molecule has 134 valence electrons. The summed E-state index contributed by atoms with van der Waals surface area (Å²) in [6.07, 6.45) is 8.20. The van der Waals surface area contributed by atoms with E-state index in [1.165, 1.54) is 0 Å². The van der Waals surface area contributed by atoms with Crippen LogP contribution >= 0.6 is 11.8 Å². The van der Waals surface area contributed by atoms with Gasteiger partial charge >= 0.3 is 0 Å². The lowest BCUT2D eigenvalue weighted by atomic mass is 10.0. The molecule has 0 radical (unpaired) electrons. The van der Waals surface area contributed by atoms with Crippen LogP contribution in [0, 0.1) is 12.3 Å². The third kappa shape index (κ3) is 3.63. The van der Waals surface area contributed by atoms with Crippen LogP contribution in [0.1, 0.15) is 18.0 Å². The van der Waals surface area contributed by atoms with Crippen LogP contribution in [0.25, 0.3) is 22.3 Å². The standard InChI is InChI=1S/C20H17N5OS/c1-2-14(26)9-18-23-17(11-27-18)12-4-3-5-13(8-12)20-24-16-10-22-7-6-15(16)19(21)25-20/h1,3-8,10,14,17,26H,9,11H2,(H2,21,24,25)/t14-,17-/m0/s1. The number of hydrogen-bond donors (Lipinski definition) is 2. The molecule has 1 aliphatic heterocycles. The Hall–Kier alpha value is -2.95. The van der Waals surface area contributed by atoms with Crippen LogP contribution in [-0.4, -0.2) is 37.0 Å². The molecule has 27 heavy (non-hydrogen) atoms. The summed E-state index contributed by atoms with van der Waals surface area (Å²) in [5, 5.41) is 11.3. The van der Waals surface area contributed by atoms with Crippen molar-refractivity contribution in [3.63, 3.8) is 0 Å². The quantitative estimate of drug-likeness (QED) is 0.681. The predicted octanol–water partition coefficient (Wildman–Crippen LogP) is 2.84. The largest absolute Gasteiger partial charge is 0.383 e. The average Bonchev–Trinajstić information content (AvgIpc) is 3.16. The first-order valence-corrected chi connectivity index (χ1v) is 9.44. The fraction of sp³-hybridized carbons (Fsp3) is 0.200. The van der Waals surface area contributed by atoms with E-state index in [2.05, 4.69) is 20.9 Å². The third-order valence-corrected chi connectivity index (χ3v) is 5.41. The molecule has 4 rings (SSSR count). The Labute approximate surface area is 161 Å². The number of terminal acetylenes is 1. The SMILES string of the molecule is C#C[C@H](O)CC1=N[C@H](c2cccc(-c3nc(N)c4ccncc4n3)c2)CS1. The Bertz CT molecular complexity index is 1080. The topological polar surface area (TPSA) is 97.3 Å². The first-order chi connectivity index (χ1) is 13.1. The maximum absolute atomic E-state index is 9.62. The van der Waals surface area contributed by atoms with Crippen LogP contribution in [0.2, 0.25) is 0 Å². The first-order valence-electron chi connectivity index (χ1n) is 8.45. The van der Waals surface area contributed by atoms with E-state index in [0.717, 1.165) is 27.3 Å².